The summed E-state index contributed by atoms with van der Waals surface area (Å²) in [6.07, 6.45) is 5.25. The van der Waals surface area contributed by atoms with Crippen molar-refractivity contribution in [2.24, 2.45) is 11.3 Å². The topological polar surface area (TPSA) is 0 Å². The largest absolute Gasteiger partial charge is 0.0922 e. The van der Waals surface area contributed by atoms with Crippen LogP contribution < -0.4 is 0 Å². The highest BCUT2D eigenvalue weighted by Crippen LogP contribution is 2.36. The molecule has 0 aromatic rings. The summed E-state index contributed by atoms with van der Waals surface area (Å²) in [5.41, 5.74) is 0.490. The molecule has 1 unspecified atom stereocenters. The summed E-state index contributed by atoms with van der Waals surface area (Å²) in [5, 5.41) is 2.26. The first kappa shape index (κ1) is 14.0. The minimum Gasteiger partial charge on any atom is -0.0922 e. The van der Waals surface area contributed by atoms with Gasteiger partial charge in [0.05, 0.1) is 0 Å². The maximum atomic E-state index is 3.66. The molecule has 1 atom stereocenters. The Labute approximate surface area is 100 Å². The molecular formula is C11H22Br2. The van der Waals surface area contributed by atoms with Crippen molar-refractivity contribution in [2.75, 3.05) is 10.7 Å². The van der Waals surface area contributed by atoms with Crippen LogP contribution >= 0.6 is 31.9 Å². The van der Waals surface area contributed by atoms with Crippen molar-refractivity contribution >= 4 is 31.9 Å². The van der Waals surface area contributed by atoms with E-state index in [0.29, 0.717) is 5.41 Å². The molecule has 0 saturated carbocycles. The molecule has 0 bridgehead atoms. The molecule has 0 aliphatic carbocycles. The van der Waals surface area contributed by atoms with Gasteiger partial charge in [0, 0.05) is 10.7 Å². The second-order valence-electron chi connectivity index (χ2n) is 4.23. The molecule has 0 aromatic heterocycles. The van der Waals surface area contributed by atoms with E-state index in [9.17, 15) is 0 Å². The predicted molar refractivity (Wildman–Crippen MR) is 69.0 cm³/mol. The summed E-state index contributed by atoms with van der Waals surface area (Å²) in [6.45, 7) is 6.91. The van der Waals surface area contributed by atoms with Crippen molar-refractivity contribution in [1.29, 1.82) is 0 Å². The molecule has 0 nitrogen and oxygen atoms in total. The highest BCUT2D eigenvalue weighted by molar-refractivity contribution is 9.09. The first-order chi connectivity index (χ1) is 6.14. The van der Waals surface area contributed by atoms with Crippen LogP contribution in [0.1, 0.15) is 46.5 Å². The number of hydrogen-bond donors (Lipinski definition) is 0. The van der Waals surface area contributed by atoms with Gasteiger partial charge in [0.1, 0.15) is 0 Å². The van der Waals surface area contributed by atoms with E-state index < -0.39 is 0 Å². The molecule has 0 saturated heterocycles. The minimum absolute atomic E-state index is 0.490. The predicted octanol–water partition coefficient (Wildman–Crippen LogP) is 5.00. The molecule has 0 aliphatic heterocycles. The molecule has 0 amide bonds. The van der Waals surface area contributed by atoms with Gasteiger partial charge in [0.25, 0.3) is 0 Å². The summed E-state index contributed by atoms with van der Waals surface area (Å²) in [5.74, 6) is 0.849. The molecular weight excluding hydrogens is 292 g/mol. The van der Waals surface area contributed by atoms with Gasteiger partial charge in [-0.1, -0.05) is 65.5 Å². The van der Waals surface area contributed by atoms with Gasteiger partial charge in [-0.3, -0.25) is 0 Å². The van der Waals surface area contributed by atoms with Crippen molar-refractivity contribution in [2.45, 2.75) is 46.5 Å². The highest BCUT2D eigenvalue weighted by Gasteiger charge is 2.28. The Morgan fingerprint density at radius 1 is 1.15 bits per heavy atom. The lowest BCUT2D eigenvalue weighted by Gasteiger charge is -2.32. The molecule has 0 aromatic carbocycles. The van der Waals surface area contributed by atoms with Crippen molar-refractivity contribution in [1.82, 2.24) is 0 Å². The summed E-state index contributed by atoms with van der Waals surface area (Å²) in [7, 11) is 0. The molecule has 0 fully saturated rings. The van der Waals surface area contributed by atoms with Crippen LogP contribution in [0.4, 0.5) is 0 Å². The van der Waals surface area contributed by atoms with Crippen LogP contribution in [0.5, 0.6) is 0 Å². The molecule has 0 heterocycles. The van der Waals surface area contributed by atoms with E-state index in [4.69, 9.17) is 0 Å². The number of halogens is 2. The third kappa shape index (κ3) is 4.83. The van der Waals surface area contributed by atoms with Gasteiger partial charge in [0.15, 0.2) is 0 Å². The number of hydrogen-bond acceptors (Lipinski definition) is 0. The standard InChI is InChI=1S/C11H22Br2/c1-4-6-11(8-12,9-13)7-10(3)5-2/h10H,4-9H2,1-3H3. The lowest BCUT2D eigenvalue weighted by atomic mass is 9.79. The summed E-state index contributed by atoms with van der Waals surface area (Å²) < 4.78 is 0. The van der Waals surface area contributed by atoms with E-state index in [2.05, 4.69) is 52.6 Å². The SMILES string of the molecule is CCCC(CBr)(CBr)CC(C)CC. The molecule has 0 N–H and O–H groups in total. The maximum Gasteiger partial charge on any atom is 0.00960 e. The minimum atomic E-state index is 0.490. The average molecular weight is 314 g/mol. The molecule has 13 heavy (non-hydrogen) atoms. The van der Waals surface area contributed by atoms with E-state index in [1.165, 1.54) is 25.7 Å². The second-order valence-corrected chi connectivity index (χ2v) is 5.36. The smallest absolute Gasteiger partial charge is 0.00960 e. The van der Waals surface area contributed by atoms with Gasteiger partial charge in [-0.25, -0.2) is 0 Å². The average Bonchev–Trinajstić information content (AvgIpc) is 2.17. The normalized spacial score (nSPS) is 14.5. The van der Waals surface area contributed by atoms with Crippen molar-refractivity contribution < 1.29 is 0 Å². The van der Waals surface area contributed by atoms with Crippen LogP contribution in [0.15, 0.2) is 0 Å². The molecule has 2 heteroatoms. The van der Waals surface area contributed by atoms with Gasteiger partial charge in [-0.15, -0.1) is 0 Å². The first-order valence-corrected chi connectivity index (χ1v) is 7.50. The van der Waals surface area contributed by atoms with Crippen LogP contribution in [-0.2, 0) is 0 Å². The fourth-order valence-corrected chi connectivity index (χ4v) is 3.74. The Morgan fingerprint density at radius 2 is 1.69 bits per heavy atom. The Kier molecular flexibility index (Phi) is 7.82. The van der Waals surface area contributed by atoms with Crippen LogP contribution in [0.25, 0.3) is 0 Å². The van der Waals surface area contributed by atoms with Gasteiger partial charge >= 0.3 is 0 Å². The zero-order valence-corrected chi connectivity index (χ0v) is 12.2. The van der Waals surface area contributed by atoms with Crippen molar-refractivity contribution in [3.05, 3.63) is 0 Å². The Balaban J connectivity index is 4.19. The fourth-order valence-electron chi connectivity index (χ4n) is 1.79. The molecule has 0 rings (SSSR count). The van der Waals surface area contributed by atoms with Crippen molar-refractivity contribution in [3.63, 3.8) is 0 Å². The first-order valence-electron chi connectivity index (χ1n) is 5.26. The van der Waals surface area contributed by atoms with E-state index in [0.717, 1.165) is 16.6 Å². The highest BCUT2D eigenvalue weighted by atomic mass is 79.9. The third-order valence-corrected chi connectivity index (χ3v) is 5.20. The van der Waals surface area contributed by atoms with E-state index >= 15 is 0 Å². The molecule has 0 spiro atoms. The van der Waals surface area contributed by atoms with Gasteiger partial charge in [-0.05, 0) is 24.2 Å². The Morgan fingerprint density at radius 3 is 2.00 bits per heavy atom. The van der Waals surface area contributed by atoms with Gasteiger partial charge < -0.3 is 0 Å². The van der Waals surface area contributed by atoms with E-state index in [-0.39, 0.29) is 0 Å². The fraction of sp³-hybridized carbons (Fsp3) is 1.00. The second kappa shape index (κ2) is 7.28. The van der Waals surface area contributed by atoms with Crippen LogP contribution in [-0.4, -0.2) is 10.7 Å². The number of rotatable bonds is 7. The monoisotopic (exact) mass is 312 g/mol. The third-order valence-electron chi connectivity index (χ3n) is 2.83. The molecule has 80 valence electrons. The van der Waals surface area contributed by atoms with Crippen LogP contribution in [0.2, 0.25) is 0 Å². The van der Waals surface area contributed by atoms with Gasteiger partial charge in [-0.2, -0.15) is 0 Å². The summed E-state index contributed by atoms with van der Waals surface area (Å²) in [6, 6.07) is 0. The Hall–Kier alpha value is 0.960. The number of alkyl halides is 2. The lowest BCUT2D eigenvalue weighted by Crippen LogP contribution is -2.27. The van der Waals surface area contributed by atoms with E-state index in [1.807, 2.05) is 0 Å². The lowest BCUT2D eigenvalue weighted by molar-refractivity contribution is 0.268. The van der Waals surface area contributed by atoms with E-state index in [1.54, 1.807) is 0 Å². The van der Waals surface area contributed by atoms with Crippen molar-refractivity contribution in [3.8, 4) is 0 Å². The summed E-state index contributed by atoms with van der Waals surface area (Å²) in [4.78, 5) is 0. The quantitative estimate of drug-likeness (QED) is 0.580. The molecule has 0 radical (unpaired) electrons. The van der Waals surface area contributed by atoms with Gasteiger partial charge in [0.2, 0.25) is 0 Å². The zero-order valence-electron chi connectivity index (χ0n) is 9.08. The van der Waals surface area contributed by atoms with Crippen LogP contribution in [0, 0.1) is 11.3 Å². The summed E-state index contributed by atoms with van der Waals surface area (Å²) >= 11 is 7.32. The van der Waals surface area contributed by atoms with Crippen LogP contribution in [0.3, 0.4) is 0 Å². The maximum absolute atomic E-state index is 3.66. The molecule has 0 aliphatic rings. The zero-order chi connectivity index (χ0) is 10.3. The Bertz CT molecular complexity index is 119.